The summed E-state index contributed by atoms with van der Waals surface area (Å²) in [5, 5.41) is 7.38. The summed E-state index contributed by atoms with van der Waals surface area (Å²) in [4.78, 5) is 18.9. The number of likely N-dealkylation sites (tertiary alicyclic amines) is 1. The number of piperidine rings is 1. The van der Waals surface area contributed by atoms with Gasteiger partial charge in [0.2, 0.25) is 5.91 Å². The molecule has 1 aliphatic heterocycles. The normalized spacial score (nSPS) is 17.6. The second kappa shape index (κ2) is 6.20. The largest absolute Gasteiger partial charge is 0.343 e. The number of carbonyl (C=O) groups excluding carboxylic acids is 1. The van der Waals surface area contributed by atoms with E-state index in [-0.39, 0.29) is 11.3 Å². The van der Waals surface area contributed by atoms with Gasteiger partial charge in [-0.15, -0.1) is 11.3 Å². The molecule has 1 fully saturated rings. The summed E-state index contributed by atoms with van der Waals surface area (Å²) in [5.41, 5.74) is 1.24. The van der Waals surface area contributed by atoms with Crippen LogP contribution in [0.4, 0.5) is 0 Å². The average molecular weight is 318 g/mol. The molecular formula is C16H22N4OS. The highest BCUT2D eigenvalue weighted by Crippen LogP contribution is 2.36. The number of aromatic nitrogens is 3. The van der Waals surface area contributed by atoms with E-state index < -0.39 is 0 Å². The first kappa shape index (κ1) is 15.2. The van der Waals surface area contributed by atoms with Gasteiger partial charge < -0.3 is 4.90 Å². The van der Waals surface area contributed by atoms with Crippen LogP contribution in [-0.2, 0) is 23.7 Å². The van der Waals surface area contributed by atoms with Crippen molar-refractivity contribution < 1.29 is 4.79 Å². The Hall–Kier alpha value is -1.69. The van der Waals surface area contributed by atoms with E-state index in [1.807, 2.05) is 34.3 Å². The molecule has 22 heavy (non-hydrogen) atoms. The number of rotatable bonds is 4. The highest BCUT2D eigenvalue weighted by Gasteiger charge is 2.35. The minimum atomic E-state index is 0.132. The molecule has 2 aromatic heterocycles. The van der Waals surface area contributed by atoms with Crippen LogP contribution in [0.2, 0.25) is 0 Å². The summed E-state index contributed by atoms with van der Waals surface area (Å²) in [6.07, 6.45) is 6.97. The second-order valence-electron chi connectivity index (χ2n) is 6.22. The first-order valence-electron chi connectivity index (χ1n) is 7.73. The van der Waals surface area contributed by atoms with Gasteiger partial charge in [-0.05, 0) is 25.3 Å². The maximum atomic E-state index is 12.4. The third-order valence-electron chi connectivity index (χ3n) is 4.69. The van der Waals surface area contributed by atoms with E-state index in [2.05, 4.69) is 17.0 Å². The van der Waals surface area contributed by atoms with Crippen LogP contribution in [0, 0.1) is 0 Å². The first-order chi connectivity index (χ1) is 10.6. The molecule has 2 aromatic rings. The third kappa shape index (κ3) is 3.06. The minimum absolute atomic E-state index is 0.132. The summed E-state index contributed by atoms with van der Waals surface area (Å²) >= 11 is 1.72. The van der Waals surface area contributed by atoms with Gasteiger partial charge in [-0.25, -0.2) is 4.98 Å². The van der Waals surface area contributed by atoms with Crippen molar-refractivity contribution in [1.82, 2.24) is 19.7 Å². The molecule has 1 amide bonds. The van der Waals surface area contributed by atoms with Gasteiger partial charge in [0.15, 0.2) is 0 Å². The third-order valence-corrected chi connectivity index (χ3v) is 5.77. The summed E-state index contributed by atoms with van der Waals surface area (Å²) in [6.45, 7) is 3.93. The number of carbonyl (C=O) groups is 1. The van der Waals surface area contributed by atoms with E-state index in [0.717, 1.165) is 38.0 Å². The van der Waals surface area contributed by atoms with Crippen LogP contribution in [0.15, 0.2) is 23.8 Å². The summed E-state index contributed by atoms with van der Waals surface area (Å²) in [5.74, 6) is 0.252. The number of amides is 1. The summed E-state index contributed by atoms with van der Waals surface area (Å²) < 4.78 is 1.84. The number of nitrogens with zero attached hydrogens (tertiary/aromatic N) is 4. The van der Waals surface area contributed by atoms with Gasteiger partial charge in [-0.3, -0.25) is 9.48 Å². The van der Waals surface area contributed by atoms with Gasteiger partial charge in [0.05, 0.1) is 5.01 Å². The van der Waals surface area contributed by atoms with Crippen molar-refractivity contribution in [1.29, 1.82) is 0 Å². The molecule has 0 spiro atoms. The molecule has 0 bridgehead atoms. The second-order valence-corrected chi connectivity index (χ2v) is 7.12. The lowest BCUT2D eigenvalue weighted by molar-refractivity contribution is -0.132. The van der Waals surface area contributed by atoms with Crippen molar-refractivity contribution in [3.8, 4) is 0 Å². The zero-order valence-electron chi connectivity index (χ0n) is 13.2. The van der Waals surface area contributed by atoms with Crippen LogP contribution in [0.3, 0.4) is 0 Å². The molecular weight excluding hydrogens is 296 g/mol. The molecule has 5 nitrogen and oxygen atoms in total. The Labute approximate surface area is 135 Å². The van der Waals surface area contributed by atoms with Crippen LogP contribution in [-0.4, -0.2) is 38.7 Å². The highest BCUT2D eigenvalue weighted by molar-refractivity contribution is 7.09. The van der Waals surface area contributed by atoms with Gasteiger partial charge in [0.25, 0.3) is 0 Å². The molecule has 0 atom stereocenters. The van der Waals surface area contributed by atoms with Crippen molar-refractivity contribution >= 4 is 17.2 Å². The molecule has 0 aromatic carbocycles. The number of thiazole rings is 1. The van der Waals surface area contributed by atoms with Gasteiger partial charge in [-0.1, -0.05) is 6.92 Å². The van der Waals surface area contributed by atoms with E-state index in [9.17, 15) is 4.79 Å². The van der Waals surface area contributed by atoms with Crippen LogP contribution >= 0.6 is 11.3 Å². The molecule has 0 unspecified atom stereocenters. The lowest BCUT2D eigenvalue weighted by atomic mass is 9.81. The van der Waals surface area contributed by atoms with E-state index in [4.69, 9.17) is 0 Å². The average Bonchev–Trinajstić information content (AvgIpc) is 3.17. The maximum Gasteiger partial charge on any atom is 0.222 e. The van der Waals surface area contributed by atoms with E-state index in [1.165, 1.54) is 5.01 Å². The zero-order valence-corrected chi connectivity index (χ0v) is 14.0. The predicted molar refractivity (Wildman–Crippen MR) is 86.8 cm³/mol. The quantitative estimate of drug-likeness (QED) is 0.870. The highest BCUT2D eigenvalue weighted by atomic mass is 32.1. The first-order valence-corrected chi connectivity index (χ1v) is 8.61. The molecule has 0 radical (unpaired) electrons. The molecule has 3 rings (SSSR count). The Balaban J connectivity index is 1.53. The SMILES string of the molecule is Cn1nccc1CCC(=O)N1CCC(C)(c2nccs2)CC1. The number of hydrogen-bond donors (Lipinski definition) is 0. The van der Waals surface area contributed by atoms with Crippen molar-refractivity contribution in [2.45, 2.75) is 38.0 Å². The smallest absolute Gasteiger partial charge is 0.222 e. The van der Waals surface area contributed by atoms with Crippen molar-refractivity contribution in [2.75, 3.05) is 13.1 Å². The molecule has 118 valence electrons. The van der Waals surface area contributed by atoms with Crippen LogP contribution < -0.4 is 0 Å². The molecule has 0 aliphatic carbocycles. The molecule has 3 heterocycles. The van der Waals surface area contributed by atoms with E-state index in [0.29, 0.717) is 6.42 Å². The Morgan fingerprint density at radius 1 is 1.36 bits per heavy atom. The predicted octanol–water partition coefficient (Wildman–Crippen LogP) is 2.39. The van der Waals surface area contributed by atoms with Gasteiger partial charge in [0.1, 0.15) is 0 Å². The summed E-state index contributed by atoms with van der Waals surface area (Å²) in [7, 11) is 1.92. The van der Waals surface area contributed by atoms with E-state index in [1.54, 1.807) is 17.5 Å². The molecule has 1 saturated heterocycles. The molecule has 1 aliphatic rings. The fourth-order valence-electron chi connectivity index (χ4n) is 3.02. The number of aryl methyl sites for hydroxylation is 2. The van der Waals surface area contributed by atoms with Crippen molar-refractivity contribution in [3.63, 3.8) is 0 Å². The monoisotopic (exact) mass is 318 g/mol. The topological polar surface area (TPSA) is 51.0 Å². The standard InChI is InChI=1S/C16H22N4OS/c1-16(15-17-9-12-22-15)6-10-20(11-7-16)14(21)4-3-13-5-8-18-19(13)2/h5,8-9,12H,3-4,6-7,10-11H2,1-2H3. The van der Waals surface area contributed by atoms with Crippen LogP contribution in [0.25, 0.3) is 0 Å². The van der Waals surface area contributed by atoms with Crippen molar-refractivity contribution in [3.05, 3.63) is 34.5 Å². The van der Waals surface area contributed by atoms with Gasteiger partial charge >= 0.3 is 0 Å². The molecule has 6 heteroatoms. The Bertz CT molecular complexity index is 626. The lowest BCUT2D eigenvalue weighted by Gasteiger charge is -2.38. The zero-order chi connectivity index (χ0) is 15.6. The number of hydrogen-bond acceptors (Lipinski definition) is 4. The lowest BCUT2D eigenvalue weighted by Crippen LogP contribution is -2.44. The Kier molecular flexibility index (Phi) is 4.29. The Morgan fingerprint density at radius 2 is 2.14 bits per heavy atom. The molecule has 0 saturated carbocycles. The van der Waals surface area contributed by atoms with E-state index >= 15 is 0 Å². The minimum Gasteiger partial charge on any atom is -0.343 e. The maximum absolute atomic E-state index is 12.4. The van der Waals surface area contributed by atoms with Crippen LogP contribution in [0.1, 0.15) is 36.9 Å². The fourth-order valence-corrected chi connectivity index (χ4v) is 3.89. The fraction of sp³-hybridized carbons (Fsp3) is 0.562. The van der Waals surface area contributed by atoms with Gasteiger partial charge in [0, 0.05) is 55.4 Å². The summed E-state index contributed by atoms with van der Waals surface area (Å²) in [6, 6.07) is 1.98. The Morgan fingerprint density at radius 3 is 2.73 bits per heavy atom. The van der Waals surface area contributed by atoms with Crippen molar-refractivity contribution in [2.24, 2.45) is 7.05 Å². The van der Waals surface area contributed by atoms with Crippen LogP contribution in [0.5, 0.6) is 0 Å². The molecule has 0 N–H and O–H groups in total. The van der Waals surface area contributed by atoms with Gasteiger partial charge in [-0.2, -0.15) is 5.10 Å².